The third kappa shape index (κ3) is 7.58. The van der Waals surface area contributed by atoms with Gasteiger partial charge in [-0.25, -0.2) is 4.79 Å². The van der Waals surface area contributed by atoms with E-state index in [9.17, 15) is 35.9 Å². The van der Waals surface area contributed by atoms with Gasteiger partial charge in [-0.05, 0) is 48.6 Å². The van der Waals surface area contributed by atoms with Crippen LogP contribution in [0.5, 0.6) is 0 Å². The van der Waals surface area contributed by atoms with Crippen LogP contribution in [0.4, 0.5) is 26.3 Å². The lowest BCUT2D eigenvalue weighted by molar-refractivity contribution is -0.145. The topological polar surface area (TPSA) is 55.4 Å². The van der Waals surface area contributed by atoms with E-state index in [1.165, 1.54) is 0 Å². The molecule has 2 rings (SSSR count). The zero-order valence-corrected chi connectivity index (χ0v) is 17.0. The van der Waals surface area contributed by atoms with Crippen molar-refractivity contribution in [2.45, 2.75) is 44.1 Å². The highest BCUT2D eigenvalue weighted by Gasteiger charge is 2.37. The molecular formula is C22H21F6NO3. The van der Waals surface area contributed by atoms with Crippen molar-refractivity contribution in [3.8, 4) is 0 Å². The second-order valence-corrected chi connectivity index (χ2v) is 7.11. The van der Waals surface area contributed by atoms with Crippen LogP contribution in [0, 0.1) is 0 Å². The molecule has 0 aliphatic heterocycles. The summed E-state index contributed by atoms with van der Waals surface area (Å²) in [5.41, 5.74) is -2.49. The average Bonchev–Trinajstić information content (AvgIpc) is 2.71. The SMILES string of the molecule is COC(=O)[C@H](CCCc1ccccc1)NC(=O)Cc1cc(C(F)(F)F)cc(C(F)(F)F)c1. The molecule has 1 N–H and O–H groups in total. The van der Waals surface area contributed by atoms with Gasteiger partial charge in [0, 0.05) is 0 Å². The van der Waals surface area contributed by atoms with Crippen molar-refractivity contribution < 1.29 is 40.7 Å². The zero-order chi connectivity index (χ0) is 23.9. The summed E-state index contributed by atoms with van der Waals surface area (Å²) in [6, 6.07) is 9.19. The van der Waals surface area contributed by atoms with E-state index in [2.05, 4.69) is 10.1 Å². The molecule has 0 saturated carbocycles. The van der Waals surface area contributed by atoms with Gasteiger partial charge >= 0.3 is 18.3 Å². The van der Waals surface area contributed by atoms with Crippen LogP contribution in [0.15, 0.2) is 48.5 Å². The molecular weight excluding hydrogens is 440 g/mol. The molecule has 0 aromatic heterocycles. The largest absolute Gasteiger partial charge is 0.467 e. The molecule has 0 aliphatic carbocycles. The van der Waals surface area contributed by atoms with Gasteiger partial charge in [-0.1, -0.05) is 30.3 Å². The first-order valence-corrected chi connectivity index (χ1v) is 9.59. The molecule has 174 valence electrons. The number of nitrogens with one attached hydrogen (secondary N) is 1. The average molecular weight is 461 g/mol. The van der Waals surface area contributed by atoms with E-state index in [0.29, 0.717) is 25.0 Å². The molecule has 4 nitrogen and oxygen atoms in total. The second-order valence-electron chi connectivity index (χ2n) is 7.11. The van der Waals surface area contributed by atoms with Gasteiger partial charge in [-0.15, -0.1) is 0 Å². The van der Waals surface area contributed by atoms with Gasteiger partial charge in [-0.2, -0.15) is 26.3 Å². The monoisotopic (exact) mass is 461 g/mol. The Labute approximate surface area is 180 Å². The fourth-order valence-electron chi connectivity index (χ4n) is 3.10. The minimum Gasteiger partial charge on any atom is -0.467 e. The summed E-state index contributed by atoms with van der Waals surface area (Å²) in [6.45, 7) is 0. The minimum atomic E-state index is -5.02. The van der Waals surface area contributed by atoms with E-state index in [-0.39, 0.29) is 12.5 Å². The maximum atomic E-state index is 13.0. The van der Waals surface area contributed by atoms with Crippen molar-refractivity contribution in [1.82, 2.24) is 5.32 Å². The highest BCUT2D eigenvalue weighted by atomic mass is 19.4. The predicted molar refractivity (Wildman–Crippen MR) is 103 cm³/mol. The van der Waals surface area contributed by atoms with Gasteiger partial charge in [0.1, 0.15) is 6.04 Å². The Morgan fingerprint density at radius 3 is 1.97 bits per heavy atom. The number of ether oxygens (including phenoxy) is 1. The number of rotatable bonds is 8. The fourth-order valence-corrected chi connectivity index (χ4v) is 3.10. The van der Waals surface area contributed by atoms with Gasteiger partial charge in [0.25, 0.3) is 0 Å². The van der Waals surface area contributed by atoms with Crippen molar-refractivity contribution in [1.29, 1.82) is 0 Å². The lowest BCUT2D eigenvalue weighted by atomic mass is 10.0. The number of carbonyl (C=O) groups excluding carboxylic acids is 2. The summed E-state index contributed by atoms with van der Waals surface area (Å²) in [5.74, 6) is -1.65. The predicted octanol–water partition coefficient (Wildman–Crippen LogP) is 4.95. The van der Waals surface area contributed by atoms with Crippen LogP contribution in [-0.2, 0) is 39.5 Å². The molecule has 32 heavy (non-hydrogen) atoms. The van der Waals surface area contributed by atoms with E-state index in [0.717, 1.165) is 12.7 Å². The Bertz CT molecular complexity index is 893. The van der Waals surface area contributed by atoms with E-state index in [1.54, 1.807) is 0 Å². The number of amides is 1. The van der Waals surface area contributed by atoms with Gasteiger partial charge in [0.2, 0.25) is 5.91 Å². The summed E-state index contributed by atoms with van der Waals surface area (Å²) in [5, 5.41) is 2.34. The van der Waals surface area contributed by atoms with Gasteiger partial charge < -0.3 is 10.1 Å². The van der Waals surface area contributed by atoms with E-state index in [1.807, 2.05) is 30.3 Å². The van der Waals surface area contributed by atoms with Crippen LogP contribution in [0.2, 0.25) is 0 Å². The van der Waals surface area contributed by atoms with Crippen LogP contribution in [0.1, 0.15) is 35.1 Å². The van der Waals surface area contributed by atoms with Crippen molar-refractivity contribution in [2.24, 2.45) is 0 Å². The van der Waals surface area contributed by atoms with Crippen LogP contribution >= 0.6 is 0 Å². The molecule has 1 atom stereocenters. The summed E-state index contributed by atoms with van der Waals surface area (Å²) in [7, 11) is 1.11. The molecule has 0 saturated heterocycles. The quantitative estimate of drug-likeness (QED) is 0.447. The van der Waals surface area contributed by atoms with Crippen molar-refractivity contribution in [2.75, 3.05) is 7.11 Å². The molecule has 0 radical (unpaired) electrons. The van der Waals surface area contributed by atoms with E-state index in [4.69, 9.17) is 0 Å². The number of carbonyl (C=O) groups is 2. The first-order valence-electron chi connectivity index (χ1n) is 9.59. The summed E-state index contributed by atoms with van der Waals surface area (Å²) < 4.78 is 82.6. The second kappa shape index (κ2) is 10.5. The third-order valence-electron chi connectivity index (χ3n) is 4.63. The first-order chi connectivity index (χ1) is 14.9. The fraction of sp³-hybridized carbons (Fsp3) is 0.364. The third-order valence-corrected chi connectivity index (χ3v) is 4.63. The van der Waals surface area contributed by atoms with Gasteiger partial charge in [0.05, 0.1) is 24.7 Å². The number of hydrogen-bond donors (Lipinski definition) is 1. The van der Waals surface area contributed by atoms with Crippen LogP contribution in [-0.4, -0.2) is 25.0 Å². The van der Waals surface area contributed by atoms with Crippen molar-refractivity contribution in [3.63, 3.8) is 0 Å². The van der Waals surface area contributed by atoms with Crippen LogP contribution < -0.4 is 5.32 Å². The Kier molecular flexibility index (Phi) is 8.29. The maximum Gasteiger partial charge on any atom is 0.416 e. The number of esters is 1. The molecule has 10 heteroatoms. The number of hydrogen-bond acceptors (Lipinski definition) is 3. The summed E-state index contributed by atoms with van der Waals surface area (Å²) in [4.78, 5) is 24.3. The number of benzene rings is 2. The normalized spacial score (nSPS) is 12.8. The molecule has 0 spiro atoms. The van der Waals surface area contributed by atoms with E-state index < -0.39 is 53.4 Å². The van der Waals surface area contributed by atoms with E-state index >= 15 is 0 Å². The molecule has 1 amide bonds. The molecule has 0 unspecified atom stereocenters. The molecule has 0 fully saturated rings. The molecule has 2 aromatic rings. The lowest BCUT2D eigenvalue weighted by Crippen LogP contribution is -2.42. The molecule has 0 aliphatic rings. The molecule has 2 aromatic carbocycles. The highest BCUT2D eigenvalue weighted by molar-refractivity contribution is 5.85. The zero-order valence-electron chi connectivity index (χ0n) is 17.0. The lowest BCUT2D eigenvalue weighted by Gasteiger charge is -2.18. The Hall–Kier alpha value is -3.04. The minimum absolute atomic E-state index is 0.0117. The summed E-state index contributed by atoms with van der Waals surface area (Å²) >= 11 is 0. The highest BCUT2D eigenvalue weighted by Crippen LogP contribution is 2.36. The maximum absolute atomic E-state index is 13.0. The van der Waals surface area contributed by atoms with Crippen LogP contribution in [0.3, 0.4) is 0 Å². The standard InChI is InChI=1S/C22H21F6NO3/c1-32-20(31)18(9-5-8-14-6-3-2-4-7-14)29-19(30)12-15-10-16(21(23,24)25)13-17(11-15)22(26,27)28/h2-4,6-7,10-11,13,18H,5,8-9,12H2,1H3,(H,29,30)/t18-/m0/s1. The number of halogens is 6. The van der Waals surface area contributed by atoms with Gasteiger partial charge in [-0.3, -0.25) is 4.79 Å². The van der Waals surface area contributed by atoms with Crippen molar-refractivity contribution >= 4 is 11.9 Å². The molecule has 0 heterocycles. The number of aryl methyl sites for hydroxylation is 1. The van der Waals surface area contributed by atoms with Crippen molar-refractivity contribution in [3.05, 3.63) is 70.8 Å². The Morgan fingerprint density at radius 1 is 0.906 bits per heavy atom. The van der Waals surface area contributed by atoms with Gasteiger partial charge in [0.15, 0.2) is 0 Å². The summed E-state index contributed by atoms with van der Waals surface area (Å²) in [6.07, 6.45) is -9.52. The Balaban J connectivity index is 2.10. The van der Waals surface area contributed by atoms with Crippen LogP contribution in [0.25, 0.3) is 0 Å². The first kappa shape index (κ1) is 25.2. The number of alkyl halides is 6. The smallest absolute Gasteiger partial charge is 0.416 e. The molecule has 0 bridgehead atoms. The number of methoxy groups -OCH3 is 1. The Morgan fingerprint density at radius 2 is 1.47 bits per heavy atom.